The molecule has 19 heavy (non-hydrogen) atoms. The average Bonchev–Trinajstić information content (AvgIpc) is 2.84. The van der Waals surface area contributed by atoms with Crippen LogP contribution in [0, 0.1) is 0 Å². The predicted molar refractivity (Wildman–Crippen MR) is 80.8 cm³/mol. The summed E-state index contributed by atoms with van der Waals surface area (Å²) in [5.74, 6) is 0. The molecule has 0 bridgehead atoms. The molecule has 2 rings (SSSR count). The maximum absolute atomic E-state index is 6.23. The van der Waals surface area contributed by atoms with Crippen LogP contribution in [0.2, 0.25) is 10.2 Å². The van der Waals surface area contributed by atoms with Gasteiger partial charge in [0.25, 0.3) is 0 Å². The molecular weight excluding hydrogens is 281 g/mol. The number of halogens is 2. The third-order valence-electron chi connectivity index (χ3n) is 3.62. The van der Waals surface area contributed by atoms with Crippen molar-refractivity contribution < 1.29 is 0 Å². The average molecular weight is 302 g/mol. The lowest BCUT2D eigenvalue weighted by molar-refractivity contribution is 0.194. The van der Waals surface area contributed by atoms with Crippen molar-refractivity contribution in [3.8, 4) is 0 Å². The van der Waals surface area contributed by atoms with Crippen LogP contribution in [0.25, 0.3) is 0 Å². The molecule has 1 aliphatic rings. The molecule has 1 saturated heterocycles. The highest BCUT2D eigenvalue weighted by Gasteiger charge is 2.20. The van der Waals surface area contributed by atoms with Crippen LogP contribution in [0.3, 0.4) is 0 Å². The lowest BCUT2D eigenvalue weighted by Crippen LogP contribution is -2.40. The van der Waals surface area contributed by atoms with Crippen LogP contribution < -0.4 is 5.32 Å². The van der Waals surface area contributed by atoms with Crippen molar-refractivity contribution in [1.82, 2.24) is 15.2 Å². The van der Waals surface area contributed by atoms with E-state index >= 15 is 0 Å². The summed E-state index contributed by atoms with van der Waals surface area (Å²) in [7, 11) is 0. The van der Waals surface area contributed by atoms with E-state index in [1.807, 2.05) is 0 Å². The van der Waals surface area contributed by atoms with Gasteiger partial charge < -0.3 is 5.32 Å². The van der Waals surface area contributed by atoms with Crippen LogP contribution in [0.1, 0.15) is 32.3 Å². The Labute approximate surface area is 125 Å². The van der Waals surface area contributed by atoms with Crippen LogP contribution >= 0.6 is 23.2 Å². The second kappa shape index (κ2) is 6.89. The summed E-state index contributed by atoms with van der Waals surface area (Å²) in [6.07, 6.45) is 4.32. The molecule has 0 aliphatic carbocycles. The Morgan fingerprint density at radius 3 is 2.84 bits per heavy atom. The summed E-state index contributed by atoms with van der Waals surface area (Å²) >= 11 is 12.1. The molecule has 1 aromatic heterocycles. The van der Waals surface area contributed by atoms with Gasteiger partial charge in [0, 0.05) is 42.0 Å². The Balaban J connectivity index is 2.02. The lowest BCUT2D eigenvalue weighted by Gasteiger charge is -2.29. The van der Waals surface area contributed by atoms with Gasteiger partial charge in [-0.2, -0.15) is 0 Å². The van der Waals surface area contributed by atoms with Crippen LogP contribution in [0.4, 0.5) is 0 Å². The lowest BCUT2D eigenvalue weighted by atomic mass is 10.1. The molecule has 1 N–H and O–H groups in total. The Morgan fingerprint density at radius 2 is 2.26 bits per heavy atom. The fourth-order valence-electron chi connectivity index (χ4n) is 2.42. The Bertz CT molecular complexity index is 417. The number of pyridine rings is 1. The van der Waals surface area contributed by atoms with E-state index in [9.17, 15) is 0 Å². The zero-order valence-corrected chi connectivity index (χ0v) is 13.0. The zero-order chi connectivity index (χ0) is 13.8. The van der Waals surface area contributed by atoms with E-state index in [4.69, 9.17) is 23.2 Å². The van der Waals surface area contributed by atoms with Crippen molar-refractivity contribution in [3.05, 3.63) is 28.0 Å². The van der Waals surface area contributed by atoms with E-state index in [1.54, 1.807) is 12.3 Å². The first kappa shape index (κ1) is 15.0. The molecule has 1 aromatic rings. The SMILES string of the molecule is CC(C)N(Cc1cnc(Cl)cc1Cl)CC1CCCN1. The Morgan fingerprint density at radius 1 is 1.47 bits per heavy atom. The molecule has 0 aromatic carbocycles. The first-order valence-corrected chi connectivity index (χ1v) is 7.59. The Hall–Kier alpha value is -0.350. The fraction of sp³-hybridized carbons (Fsp3) is 0.643. The molecule has 0 saturated carbocycles. The van der Waals surface area contributed by atoms with Gasteiger partial charge in [-0.3, -0.25) is 4.90 Å². The van der Waals surface area contributed by atoms with Crippen molar-refractivity contribution in [2.24, 2.45) is 0 Å². The molecular formula is C14H21Cl2N3. The summed E-state index contributed by atoms with van der Waals surface area (Å²) in [5.41, 5.74) is 1.04. The summed E-state index contributed by atoms with van der Waals surface area (Å²) < 4.78 is 0. The highest BCUT2D eigenvalue weighted by molar-refractivity contribution is 6.34. The van der Waals surface area contributed by atoms with E-state index < -0.39 is 0 Å². The van der Waals surface area contributed by atoms with E-state index in [1.165, 1.54) is 12.8 Å². The minimum Gasteiger partial charge on any atom is -0.313 e. The monoisotopic (exact) mass is 301 g/mol. The van der Waals surface area contributed by atoms with Gasteiger partial charge in [0.1, 0.15) is 5.15 Å². The maximum atomic E-state index is 6.23. The molecule has 1 aliphatic heterocycles. The normalized spacial score (nSPS) is 19.6. The molecule has 2 heterocycles. The predicted octanol–water partition coefficient (Wildman–Crippen LogP) is 3.35. The first-order valence-electron chi connectivity index (χ1n) is 6.83. The molecule has 5 heteroatoms. The van der Waals surface area contributed by atoms with Gasteiger partial charge in [0.05, 0.1) is 0 Å². The number of aromatic nitrogens is 1. The van der Waals surface area contributed by atoms with Crippen LogP contribution in [-0.4, -0.2) is 35.1 Å². The topological polar surface area (TPSA) is 28.2 Å². The van der Waals surface area contributed by atoms with E-state index in [-0.39, 0.29) is 0 Å². The van der Waals surface area contributed by atoms with Gasteiger partial charge in [-0.1, -0.05) is 23.2 Å². The van der Waals surface area contributed by atoms with Crippen molar-refractivity contribution in [2.75, 3.05) is 13.1 Å². The van der Waals surface area contributed by atoms with Gasteiger partial charge in [-0.25, -0.2) is 4.98 Å². The molecule has 106 valence electrons. The number of hydrogen-bond donors (Lipinski definition) is 1. The standard InChI is InChI=1S/C14H21Cl2N3/c1-10(2)19(9-12-4-3-5-17-12)8-11-7-18-14(16)6-13(11)15/h6-7,10,12,17H,3-5,8-9H2,1-2H3. The number of rotatable bonds is 5. The molecule has 1 unspecified atom stereocenters. The number of nitrogens with one attached hydrogen (secondary N) is 1. The molecule has 1 fully saturated rings. The Kier molecular flexibility index (Phi) is 5.46. The van der Waals surface area contributed by atoms with Crippen LogP contribution in [-0.2, 0) is 6.54 Å². The van der Waals surface area contributed by atoms with E-state index in [2.05, 4.69) is 29.0 Å². The second-order valence-corrected chi connectivity index (χ2v) is 6.21. The van der Waals surface area contributed by atoms with E-state index in [0.717, 1.165) is 25.2 Å². The van der Waals surface area contributed by atoms with Gasteiger partial charge in [0.15, 0.2) is 0 Å². The van der Waals surface area contributed by atoms with Gasteiger partial charge in [-0.05, 0) is 39.3 Å². The zero-order valence-electron chi connectivity index (χ0n) is 11.5. The molecule has 0 radical (unpaired) electrons. The summed E-state index contributed by atoms with van der Waals surface area (Å²) in [6.45, 7) is 7.44. The first-order chi connectivity index (χ1) is 9.06. The van der Waals surface area contributed by atoms with Gasteiger partial charge in [-0.15, -0.1) is 0 Å². The summed E-state index contributed by atoms with van der Waals surface area (Å²) in [6, 6.07) is 2.79. The number of hydrogen-bond acceptors (Lipinski definition) is 3. The summed E-state index contributed by atoms with van der Waals surface area (Å²) in [5, 5.41) is 4.69. The largest absolute Gasteiger partial charge is 0.313 e. The van der Waals surface area contributed by atoms with Gasteiger partial charge >= 0.3 is 0 Å². The van der Waals surface area contributed by atoms with Crippen molar-refractivity contribution in [2.45, 2.75) is 45.3 Å². The quantitative estimate of drug-likeness (QED) is 0.846. The second-order valence-electron chi connectivity index (χ2n) is 5.41. The van der Waals surface area contributed by atoms with E-state index in [0.29, 0.717) is 22.3 Å². The third kappa shape index (κ3) is 4.32. The third-order valence-corrected chi connectivity index (χ3v) is 4.18. The highest BCUT2D eigenvalue weighted by atomic mass is 35.5. The van der Waals surface area contributed by atoms with Crippen molar-refractivity contribution in [1.29, 1.82) is 0 Å². The summed E-state index contributed by atoms with van der Waals surface area (Å²) in [4.78, 5) is 6.55. The minimum atomic E-state index is 0.447. The molecule has 3 nitrogen and oxygen atoms in total. The van der Waals surface area contributed by atoms with Crippen LogP contribution in [0.5, 0.6) is 0 Å². The molecule has 1 atom stereocenters. The molecule has 0 amide bonds. The smallest absolute Gasteiger partial charge is 0.130 e. The molecule has 0 spiro atoms. The van der Waals surface area contributed by atoms with Gasteiger partial charge in [0.2, 0.25) is 0 Å². The minimum absolute atomic E-state index is 0.447. The fourth-order valence-corrected chi connectivity index (χ4v) is 2.85. The van der Waals surface area contributed by atoms with Crippen molar-refractivity contribution >= 4 is 23.2 Å². The highest BCUT2D eigenvalue weighted by Crippen LogP contribution is 2.21. The van der Waals surface area contributed by atoms with Crippen LogP contribution in [0.15, 0.2) is 12.3 Å². The van der Waals surface area contributed by atoms with Crippen molar-refractivity contribution in [3.63, 3.8) is 0 Å². The number of nitrogens with zero attached hydrogens (tertiary/aromatic N) is 2. The maximum Gasteiger partial charge on any atom is 0.130 e.